The Balaban J connectivity index is 0.00000225. The summed E-state index contributed by atoms with van der Waals surface area (Å²) >= 11 is 1.93. The minimum atomic E-state index is -0.0142. The predicted molar refractivity (Wildman–Crippen MR) is 73.5 cm³/mol. The fourth-order valence-corrected chi connectivity index (χ4v) is 2.54. The van der Waals surface area contributed by atoms with Gasteiger partial charge in [-0.2, -0.15) is 11.8 Å². The van der Waals surface area contributed by atoms with Crippen LogP contribution in [-0.4, -0.2) is 48.0 Å². The van der Waals surface area contributed by atoms with E-state index in [-0.39, 0.29) is 24.4 Å². The van der Waals surface area contributed by atoms with E-state index in [1.807, 2.05) is 23.6 Å². The van der Waals surface area contributed by atoms with Gasteiger partial charge in [0, 0.05) is 24.6 Å². The van der Waals surface area contributed by atoms with Gasteiger partial charge in [-0.3, -0.25) is 4.79 Å². The molecule has 0 radical (unpaired) electrons. The van der Waals surface area contributed by atoms with Crippen molar-refractivity contribution in [3.8, 4) is 0 Å². The standard InChI is InChI=1S/C11H22N2OS.ClH/c1-3-4-5-12-10(2)11(14)13-6-8-15-9-7-13;/h10,12H,3-9H2,1-2H3;1H/t10-;/m0./s1. The molecule has 1 atom stereocenters. The lowest BCUT2D eigenvalue weighted by Gasteiger charge is -2.29. The SMILES string of the molecule is CCCCN[C@@H](C)C(=O)N1CCSCC1.Cl. The Kier molecular flexibility index (Phi) is 9.18. The van der Waals surface area contributed by atoms with Crippen LogP contribution < -0.4 is 5.32 Å². The normalized spacial score (nSPS) is 17.8. The lowest BCUT2D eigenvalue weighted by molar-refractivity contribution is -0.132. The Morgan fingerprint density at radius 2 is 2.06 bits per heavy atom. The molecule has 1 rings (SSSR count). The van der Waals surface area contributed by atoms with Gasteiger partial charge in [-0.15, -0.1) is 12.4 Å². The summed E-state index contributed by atoms with van der Waals surface area (Å²) in [5, 5.41) is 3.28. The molecular weight excluding hydrogens is 244 g/mol. The maximum Gasteiger partial charge on any atom is 0.239 e. The number of amides is 1. The Morgan fingerprint density at radius 1 is 1.44 bits per heavy atom. The molecule has 0 spiro atoms. The third-order valence-corrected chi connectivity index (χ3v) is 3.62. The summed E-state index contributed by atoms with van der Waals surface area (Å²) in [7, 11) is 0. The molecule has 0 aromatic carbocycles. The zero-order valence-electron chi connectivity index (χ0n) is 10.2. The van der Waals surface area contributed by atoms with Crippen LogP contribution in [0.1, 0.15) is 26.7 Å². The summed E-state index contributed by atoms with van der Waals surface area (Å²) in [5.41, 5.74) is 0. The molecule has 1 saturated heterocycles. The quantitative estimate of drug-likeness (QED) is 0.770. The Hall–Kier alpha value is 0.0700. The van der Waals surface area contributed by atoms with Crippen LogP contribution >= 0.6 is 24.2 Å². The van der Waals surface area contributed by atoms with Gasteiger partial charge in [0.25, 0.3) is 0 Å². The highest BCUT2D eigenvalue weighted by molar-refractivity contribution is 7.99. The fourth-order valence-electron chi connectivity index (χ4n) is 1.64. The van der Waals surface area contributed by atoms with E-state index in [9.17, 15) is 4.79 Å². The zero-order valence-corrected chi connectivity index (χ0v) is 11.8. The van der Waals surface area contributed by atoms with Gasteiger partial charge in [0.05, 0.1) is 6.04 Å². The number of hydrogen-bond donors (Lipinski definition) is 1. The molecule has 3 nitrogen and oxygen atoms in total. The van der Waals surface area contributed by atoms with Crippen molar-refractivity contribution in [2.45, 2.75) is 32.7 Å². The third kappa shape index (κ3) is 5.41. The van der Waals surface area contributed by atoms with E-state index in [0.29, 0.717) is 0 Å². The summed E-state index contributed by atoms with van der Waals surface area (Å²) in [6.07, 6.45) is 2.32. The van der Waals surface area contributed by atoms with Gasteiger partial charge in [-0.1, -0.05) is 13.3 Å². The first kappa shape index (κ1) is 16.1. The van der Waals surface area contributed by atoms with E-state index in [0.717, 1.165) is 37.6 Å². The van der Waals surface area contributed by atoms with Crippen LogP contribution in [0.15, 0.2) is 0 Å². The van der Waals surface area contributed by atoms with E-state index in [2.05, 4.69) is 12.2 Å². The largest absolute Gasteiger partial charge is 0.340 e. The van der Waals surface area contributed by atoms with E-state index in [4.69, 9.17) is 0 Å². The molecule has 0 aromatic heterocycles. The van der Waals surface area contributed by atoms with Crippen LogP contribution in [0.4, 0.5) is 0 Å². The smallest absolute Gasteiger partial charge is 0.239 e. The van der Waals surface area contributed by atoms with Crippen LogP contribution in [0.3, 0.4) is 0 Å². The molecule has 0 bridgehead atoms. The lowest BCUT2D eigenvalue weighted by Crippen LogP contribution is -2.48. The van der Waals surface area contributed by atoms with Gasteiger partial charge >= 0.3 is 0 Å². The minimum Gasteiger partial charge on any atom is -0.340 e. The molecule has 5 heteroatoms. The highest BCUT2D eigenvalue weighted by Crippen LogP contribution is 2.10. The van der Waals surface area contributed by atoms with E-state index in [1.165, 1.54) is 6.42 Å². The molecule has 1 N–H and O–H groups in total. The first-order valence-corrected chi connectivity index (χ1v) is 7.01. The Bertz CT molecular complexity index is 198. The topological polar surface area (TPSA) is 32.3 Å². The van der Waals surface area contributed by atoms with Crippen molar-refractivity contribution in [1.29, 1.82) is 0 Å². The number of rotatable bonds is 5. The fraction of sp³-hybridized carbons (Fsp3) is 0.909. The number of hydrogen-bond acceptors (Lipinski definition) is 3. The van der Waals surface area contributed by atoms with Crippen LogP contribution in [0.5, 0.6) is 0 Å². The molecule has 1 aliphatic rings. The second kappa shape index (κ2) is 9.14. The number of nitrogens with one attached hydrogen (secondary N) is 1. The van der Waals surface area contributed by atoms with Crippen LogP contribution in [0.2, 0.25) is 0 Å². The Morgan fingerprint density at radius 3 is 2.62 bits per heavy atom. The van der Waals surface area contributed by atoms with Gasteiger partial charge in [-0.05, 0) is 19.9 Å². The van der Waals surface area contributed by atoms with Gasteiger partial charge < -0.3 is 10.2 Å². The zero-order chi connectivity index (χ0) is 11.1. The summed E-state index contributed by atoms with van der Waals surface area (Å²) in [4.78, 5) is 13.9. The van der Waals surface area contributed by atoms with Crippen LogP contribution in [0, 0.1) is 0 Å². The molecule has 0 aromatic rings. The van der Waals surface area contributed by atoms with Crippen molar-refractivity contribution < 1.29 is 4.79 Å². The molecule has 0 unspecified atom stereocenters. The van der Waals surface area contributed by atoms with Crippen molar-refractivity contribution in [2.75, 3.05) is 31.1 Å². The molecule has 1 fully saturated rings. The number of thioether (sulfide) groups is 1. The molecule has 96 valence electrons. The molecule has 0 aliphatic carbocycles. The first-order valence-electron chi connectivity index (χ1n) is 5.85. The molecule has 1 aliphatic heterocycles. The van der Waals surface area contributed by atoms with Gasteiger partial charge in [-0.25, -0.2) is 0 Å². The summed E-state index contributed by atoms with van der Waals surface area (Å²) < 4.78 is 0. The number of carbonyl (C=O) groups is 1. The third-order valence-electron chi connectivity index (χ3n) is 2.67. The van der Waals surface area contributed by atoms with Gasteiger partial charge in [0.2, 0.25) is 5.91 Å². The number of halogens is 1. The highest BCUT2D eigenvalue weighted by Gasteiger charge is 2.21. The second-order valence-electron chi connectivity index (χ2n) is 3.97. The number of carbonyl (C=O) groups excluding carboxylic acids is 1. The lowest BCUT2D eigenvalue weighted by atomic mass is 10.2. The molecule has 1 amide bonds. The van der Waals surface area contributed by atoms with Crippen LogP contribution in [-0.2, 0) is 4.79 Å². The van der Waals surface area contributed by atoms with Crippen molar-refractivity contribution in [3.63, 3.8) is 0 Å². The van der Waals surface area contributed by atoms with E-state index < -0.39 is 0 Å². The first-order chi connectivity index (χ1) is 7.25. The van der Waals surface area contributed by atoms with Crippen molar-refractivity contribution >= 4 is 30.1 Å². The highest BCUT2D eigenvalue weighted by atomic mass is 35.5. The minimum absolute atomic E-state index is 0. The van der Waals surface area contributed by atoms with Crippen molar-refractivity contribution in [3.05, 3.63) is 0 Å². The molecular formula is C11H23ClN2OS. The maximum atomic E-state index is 11.9. The average molecular weight is 267 g/mol. The Labute approximate surface area is 109 Å². The summed E-state index contributed by atoms with van der Waals surface area (Å²) in [5.74, 6) is 2.45. The van der Waals surface area contributed by atoms with Gasteiger partial charge in [0.15, 0.2) is 0 Å². The maximum absolute atomic E-state index is 11.9. The monoisotopic (exact) mass is 266 g/mol. The van der Waals surface area contributed by atoms with E-state index >= 15 is 0 Å². The number of nitrogens with zero attached hydrogens (tertiary/aromatic N) is 1. The molecule has 1 heterocycles. The molecule has 0 saturated carbocycles. The average Bonchev–Trinajstić information content (AvgIpc) is 2.29. The molecule has 16 heavy (non-hydrogen) atoms. The second-order valence-corrected chi connectivity index (χ2v) is 5.19. The van der Waals surface area contributed by atoms with Crippen molar-refractivity contribution in [2.24, 2.45) is 0 Å². The summed E-state index contributed by atoms with van der Waals surface area (Å²) in [6.45, 7) is 6.92. The number of unbranched alkanes of at least 4 members (excludes halogenated alkanes) is 1. The van der Waals surface area contributed by atoms with E-state index in [1.54, 1.807) is 0 Å². The van der Waals surface area contributed by atoms with Gasteiger partial charge in [0.1, 0.15) is 0 Å². The van der Waals surface area contributed by atoms with Crippen LogP contribution in [0.25, 0.3) is 0 Å². The predicted octanol–water partition coefficient (Wildman–Crippen LogP) is 1.76. The summed E-state index contributed by atoms with van der Waals surface area (Å²) in [6, 6.07) is -0.0142. The van der Waals surface area contributed by atoms with Crippen molar-refractivity contribution in [1.82, 2.24) is 10.2 Å².